The van der Waals surface area contributed by atoms with Crippen LogP contribution in [0.2, 0.25) is 5.02 Å². The molecule has 0 unspecified atom stereocenters. The number of nitrogens with one attached hydrogen (secondary N) is 2. The van der Waals surface area contributed by atoms with Crippen molar-refractivity contribution in [2.75, 3.05) is 5.32 Å². The number of aryl methyl sites for hydroxylation is 2. The monoisotopic (exact) mass is 376 g/mol. The van der Waals surface area contributed by atoms with Crippen molar-refractivity contribution in [3.05, 3.63) is 53.0 Å². The summed E-state index contributed by atoms with van der Waals surface area (Å²) in [6.07, 6.45) is 4.62. The number of anilines is 1. The van der Waals surface area contributed by atoms with Gasteiger partial charge in [0.25, 0.3) is 11.8 Å². The van der Waals surface area contributed by atoms with E-state index in [2.05, 4.69) is 20.8 Å². The Hall–Kier alpha value is -3.07. The fourth-order valence-corrected chi connectivity index (χ4v) is 2.54. The molecule has 0 radical (unpaired) electrons. The maximum Gasteiger partial charge on any atom is 0.277 e. The molecule has 3 aromatic rings. The summed E-state index contributed by atoms with van der Waals surface area (Å²) < 4.78 is 8.16. The first-order valence-electron chi connectivity index (χ1n) is 7.86. The summed E-state index contributed by atoms with van der Waals surface area (Å²) >= 11 is 6.04. The lowest BCUT2D eigenvalue weighted by Gasteiger charge is -2.05. The number of hydrogen-bond donors (Lipinski definition) is 2. The lowest BCUT2D eigenvalue weighted by atomic mass is 10.3. The molecule has 26 heavy (non-hydrogen) atoms. The normalized spacial score (nSPS) is 10.7. The number of amides is 2. The maximum absolute atomic E-state index is 12.4. The van der Waals surface area contributed by atoms with Crippen LogP contribution in [0.4, 0.5) is 5.69 Å². The molecule has 0 aromatic carbocycles. The number of carbonyl (C=O) groups excluding carboxylic acids is 2. The first kappa shape index (κ1) is 17.7. The van der Waals surface area contributed by atoms with Crippen molar-refractivity contribution in [2.45, 2.75) is 20.0 Å². The van der Waals surface area contributed by atoms with Crippen LogP contribution < -0.4 is 10.6 Å². The number of rotatable bonds is 6. The number of carbonyl (C=O) groups is 2. The van der Waals surface area contributed by atoms with Gasteiger partial charge in [0, 0.05) is 26.0 Å². The van der Waals surface area contributed by atoms with Gasteiger partial charge in [-0.25, -0.2) is 0 Å². The van der Waals surface area contributed by atoms with Crippen molar-refractivity contribution in [3.8, 4) is 0 Å². The van der Waals surface area contributed by atoms with E-state index in [9.17, 15) is 9.59 Å². The molecule has 0 saturated heterocycles. The Morgan fingerprint density at radius 3 is 2.69 bits per heavy atom. The Balaban J connectivity index is 1.74. The maximum atomic E-state index is 12.4. The molecule has 0 saturated carbocycles. The zero-order chi connectivity index (χ0) is 18.7. The number of furan rings is 1. The van der Waals surface area contributed by atoms with Crippen LogP contribution in [0.5, 0.6) is 0 Å². The molecule has 0 aliphatic rings. The largest absolute Gasteiger partial charge is 0.467 e. The zero-order valence-electron chi connectivity index (χ0n) is 14.2. The summed E-state index contributed by atoms with van der Waals surface area (Å²) in [5, 5.41) is 13.8. The van der Waals surface area contributed by atoms with E-state index in [1.807, 2.05) is 6.92 Å². The minimum absolute atomic E-state index is 0.0819. The summed E-state index contributed by atoms with van der Waals surface area (Å²) in [6.45, 7) is 2.68. The Bertz CT molecular complexity index is 928. The molecule has 2 amide bonds. The van der Waals surface area contributed by atoms with Crippen LogP contribution in [0, 0.1) is 0 Å². The third kappa shape index (κ3) is 3.77. The molecule has 3 rings (SSSR count). The summed E-state index contributed by atoms with van der Waals surface area (Å²) in [5.74, 6) is -0.352. The van der Waals surface area contributed by atoms with E-state index in [-0.39, 0.29) is 28.6 Å². The summed E-state index contributed by atoms with van der Waals surface area (Å²) in [4.78, 5) is 24.8. The molecule has 9 nitrogen and oxygen atoms in total. The van der Waals surface area contributed by atoms with Crippen molar-refractivity contribution in [3.63, 3.8) is 0 Å². The van der Waals surface area contributed by atoms with Crippen LogP contribution in [0.1, 0.15) is 33.7 Å². The predicted molar refractivity (Wildman–Crippen MR) is 94.0 cm³/mol. The van der Waals surface area contributed by atoms with Crippen LogP contribution in [0.25, 0.3) is 0 Å². The molecule has 0 aliphatic carbocycles. The zero-order valence-corrected chi connectivity index (χ0v) is 14.9. The molecule has 10 heteroatoms. The van der Waals surface area contributed by atoms with E-state index >= 15 is 0 Å². The number of halogens is 1. The molecule has 0 fully saturated rings. The molecule has 0 aliphatic heterocycles. The van der Waals surface area contributed by atoms with Gasteiger partial charge in [0.2, 0.25) is 0 Å². The van der Waals surface area contributed by atoms with Gasteiger partial charge in [0.05, 0.1) is 23.5 Å². The Kier molecular flexibility index (Phi) is 5.08. The molecular weight excluding hydrogens is 360 g/mol. The summed E-state index contributed by atoms with van der Waals surface area (Å²) in [6, 6.07) is 3.47. The minimum atomic E-state index is -0.518. The van der Waals surface area contributed by atoms with E-state index in [0.29, 0.717) is 12.3 Å². The fraction of sp³-hybridized carbons (Fsp3) is 0.250. The smallest absolute Gasteiger partial charge is 0.277 e. The van der Waals surface area contributed by atoms with Gasteiger partial charge in [-0.15, -0.1) is 0 Å². The van der Waals surface area contributed by atoms with Crippen molar-refractivity contribution in [2.24, 2.45) is 7.05 Å². The second-order valence-corrected chi connectivity index (χ2v) is 5.87. The van der Waals surface area contributed by atoms with Crippen LogP contribution in [-0.2, 0) is 20.1 Å². The lowest BCUT2D eigenvalue weighted by Crippen LogP contribution is -2.25. The highest BCUT2D eigenvalue weighted by molar-refractivity contribution is 6.34. The highest BCUT2D eigenvalue weighted by atomic mass is 35.5. The molecule has 2 N–H and O–H groups in total. The third-order valence-corrected chi connectivity index (χ3v) is 3.83. The Morgan fingerprint density at radius 1 is 1.23 bits per heavy atom. The molecule has 3 heterocycles. The van der Waals surface area contributed by atoms with Crippen molar-refractivity contribution in [1.29, 1.82) is 0 Å². The topological polar surface area (TPSA) is 107 Å². The first-order chi connectivity index (χ1) is 12.5. The van der Waals surface area contributed by atoms with Crippen LogP contribution >= 0.6 is 11.6 Å². The fourth-order valence-electron chi connectivity index (χ4n) is 2.31. The molecular formula is C16H17ClN6O3. The quantitative estimate of drug-likeness (QED) is 0.684. The van der Waals surface area contributed by atoms with Gasteiger partial charge in [-0.2, -0.15) is 10.2 Å². The summed E-state index contributed by atoms with van der Waals surface area (Å²) in [7, 11) is 1.65. The van der Waals surface area contributed by atoms with Gasteiger partial charge in [0.1, 0.15) is 5.76 Å². The van der Waals surface area contributed by atoms with E-state index in [0.717, 1.165) is 0 Å². The average molecular weight is 377 g/mol. The van der Waals surface area contributed by atoms with Crippen molar-refractivity contribution >= 4 is 29.1 Å². The SMILES string of the molecule is CCn1cc(Cl)c(C(=O)Nc2cn(C)nc2C(=O)NCc2ccco2)n1. The van der Waals surface area contributed by atoms with E-state index in [1.54, 1.807) is 30.1 Å². The Labute approximate surface area is 153 Å². The second-order valence-electron chi connectivity index (χ2n) is 5.46. The first-order valence-corrected chi connectivity index (χ1v) is 8.24. The number of aromatic nitrogens is 4. The van der Waals surface area contributed by atoms with Gasteiger partial charge in [0.15, 0.2) is 11.4 Å². The van der Waals surface area contributed by atoms with Crippen LogP contribution in [0.3, 0.4) is 0 Å². The van der Waals surface area contributed by atoms with Gasteiger partial charge in [-0.1, -0.05) is 11.6 Å². The van der Waals surface area contributed by atoms with E-state index < -0.39 is 11.8 Å². The highest BCUT2D eigenvalue weighted by Crippen LogP contribution is 2.18. The summed E-state index contributed by atoms with van der Waals surface area (Å²) in [5.41, 5.74) is 0.425. The molecule has 3 aromatic heterocycles. The average Bonchev–Trinajstić information content (AvgIpc) is 3.32. The van der Waals surface area contributed by atoms with E-state index in [1.165, 1.54) is 17.1 Å². The third-order valence-electron chi connectivity index (χ3n) is 3.55. The predicted octanol–water partition coefficient (Wildman–Crippen LogP) is 2.07. The molecule has 136 valence electrons. The highest BCUT2D eigenvalue weighted by Gasteiger charge is 2.21. The van der Waals surface area contributed by atoms with Crippen molar-refractivity contribution in [1.82, 2.24) is 24.9 Å². The molecule has 0 atom stereocenters. The van der Waals surface area contributed by atoms with Crippen LogP contribution in [0.15, 0.2) is 35.2 Å². The number of hydrogen-bond acceptors (Lipinski definition) is 5. The van der Waals surface area contributed by atoms with Gasteiger partial charge >= 0.3 is 0 Å². The van der Waals surface area contributed by atoms with Gasteiger partial charge < -0.3 is 15.1 Å². The van der Waals surface area contributed by atoms with Gasteiger partial charge in [-0.05, 0) is 19.1 Å². The minimum Gasteiger partial charge on any atom is -0.467 e. The van der Waals surface area contributed by atoms with E-state index in [4.69, 9.17) is 16.0 Å². The van der Waals surface area contributed by atoms with Crippen LogP contribution in [-0.4, -0.2) is 31.4 Å². The molecule has 0 spiro atoms. The Morgan fingerprint density at radius 2 is 2.04 bits per heavy atom. The number of nitrogens with zero attached hydrogens (tertiary/aromatic N) is 4. The second kappa shape index (κ2) is 7.44. The lowest BCUT2D eigenvalue weighted by molar-refractivity contribution is 0.0943. The molecule has 0 bridgehead atoms. The van der Waals surface area contributed by atoms with Crippen molar-refractivity contribution < 1.29 is 14.0 Å². The standard InChI is InChI=1S/C16H17ClN6O3/c1-3-23-8-11(17)13(21-23)16(25)19-12-9-22(2)20-14(12)15(24)18-7-10-5-4-6-26-10/h4-6,8-9H,3,7H2,1-2H3,(H,18,24)(H,19,25). The van der Waals surface area contributed by atoms with Gasteiger partial charge in [-0.3, -0.25) is 19.0 Å².